The maximum Gasteiger partial charge on any atom is 0.280 e. The highest BCUT2D eigenvalue weighted by Gasteiger charge is 2.46. The van der Waals surface area contributed by atoms with Crippen LogP contribution in [0.15, 0.2) is 30.6 Å². The summed E-state index contributed by atoms with van der Waals surface area (Å²) in [7, 11) is 0. The van der Waals surface area contributed by atoms with Crippen molar-refractivity contribution in [1.29, 1.82) is 0 Å². The number of amides is 1. The lowest BCUT2D eigenvalue weighted by Gasteiger charge is -2.36. The number of carbonyl (C=O) groups excluding carboxylic acids is 1. The third-order valence-corrected chi connectivity index (χ3v) is 6.17. The summed E-state index contributed by atoms with van der Waals surface area (Å²) in [4.78, 5) is 17.7. The second-order valence-electron chi connectivity index (χ2n) is 8.36. The first kappa shape index (κ1) is 22.3. The number of halogens is 2. The molecular formula is C22H23F2N5O2S. The van der Waals surface area contributed by atoms with Crippen LogP contribution in [0.1, 0.15) is 47.8 Å². The molecule has 2 atom stereocenters. The Morgan fingerprint density at radius 1 is 1.44 bits per heavy atom. The van der Waals surface area contributed by atoms with E-state index in [2.05, 4.69) is 27.2 Å². The number of carbonyl (C=O) groups is 1. The fraction of sp³-hybridized carbons (Fsp3) is 0.409. The lowest BCUT2D eigenvalue weighted by Crippen LogP contribution is -2.59. The summed E-state index contributed by atoms with van der Waals surface area (Å²) >= 11 is 0.974. The molecule has 1 amide bonds. The predicted molar refractivity (Wildman–Crippen MR) is 118 cm³/mol. The zero-order valence-corrected chi connectivity index (χ0v) is 18.4. The van der Waals surface area contributed by atoms with Gasteiger partial charge in [-0.15, -0.1) is 0 Å². The van der Waals surface area contributed by atoms with Crippen LogP contribution in [0.3, 0.4) is 0 Å². The average Bonchev–Trinajstić information content (AvgIpc) is 3.32. The minimum Gasteiger partial charge on any atom is -0.378 e. The number of nitrogens with one attached hydrogen (secondary N) is 1. The number of hydrogen-bond acceptors (Lipinski definition) is 6. The molecule has 168 valence electrons. The quantitative estimate of drug-likeness (QED) is 0.523. The van der Waals surface area contributed by atoms with Crippen molar-refractivity contribution < 1.29 is 18.7 Å². The summed E-state index contributed by atoms with van der Waals surface area (Å²) in [5, 5.41) is 16.7. The van der Waals surface area contributed by atoms with E-state index in [-0.39, 0.29) is 11.4 Å². The van der Waals surface area contributed by atoms with Crippen LogP contribution in [-0.4, -0.2) is 49.2 Å². The van der Waals surface area contributed by atoms with Crippen LogP contribution >= 0.6 is 11.3 Å². The molecule has 32 heavy (non-hydrogen) atoms. The lowest BCUT2D eigenvalue weighted by atomic mass is 9.87. The third kappa shape index (κ3) is 4.50. The molecule has 0 aliphatic heterocycles. The normalized spacial score (nSPS) is 20.6. The predicted octanol–water partition coefficient (Wildman–Crippen LogP) is 2.83. The van der Waals surface area contributed by atoms with Crippen molar-refractivity contribution in [2.45, 2.75) is 56.7 Å². The van der Waals surface area contributed by atoms with Crippen molar-refractivity contribution in [3.63, 3.8) is 0 Å². The van der Waals surface area contributed by atoms with Crippen LogP contribution < -0.4 is 11.1 Å². The van der Waals surface area contributed by atoms with E-state index in [1.54, 1.807) is 16.9 Å². The van der Waals surface area contributed by atoms with Gasteiger partial charge in [0.2, 0.25) is 0 Å². The van der Waals surface area contributed by atoms with Crippen LogP contribution in [0.2, 0.25) is 0 Å². The molecule has 0 unspecified atom stereocenters. The van der Waals surface area contributed by atoms with Crippen molar-refractivity contribution in [1.82, 2.24) is 19.9 Å². The molecule has 10 heteroatoms. The highest BCUT2D eigenvalue weighted by Crippen LogP contribution is 2.34. The Kier molecular flexibility index (Phi) is 5.75. The van der Waals surface area contributed by atoms with Crippen LogP contribution in [0.4, 0.5) is 8.78 Å². The minimum absolute atomic E-state index is 0.0103. The number of pyridine rings is 1. The Hall–Kier alpha value is -2.87. The van der Waals surface area contributed by atoms with Gasteiger partial charge in [0, 0.05) is 24.2 Å². The van der Waals surface area contributed by atoms with Crippen molar-refractivity contribution in [3.05, 3.63) is 40.5 Å². The van der Waals surface area contributed by atoms with E-state index in [4.69, 9.17) is 5.73 Å². The molecule has 0 radical (unpaired) electrons. The highest BCUT2D eigenvalue weighted by molar-refractivity contribution is 7.14. The molecule has 4 N–H and O–H groups in total. The Bertz CT molecular complexity index is 1220. The maximum absolute atomic E-state index is 14.4. The van der Waals surface area contributed by atoms with Crippen molar-refractivity contribution in [3.8, 4) is 23.1 Å². The third-order valence-electron chi connectivity index (χ3n) is 5.20. The molecule has 0 aromatic carbocycles. The van der Waals surface area contributed by atoms with Gasteiger partial charge in [0.1, 0.15) is 22.2 Å². The topological polar surface area (TPSA) is 106 Å². The van der Waals surface area contributed by atoms with Crippen LogP contribution in [0.5, 0.6) is 0 Å². The molecule has 0 bridgehead atoms. The van der Waals surface area contributed by atoms with E-state index in [0.717, 1.165) is 16.9 Å². The smallest absolute Gasteiger partial charge is 0.280 e. The summed E-state index contributed by atoms with van der Waals surface area (Å²) in [6.07, 6.45) is 3.78. The summed E-state index contributed by atoms with van der Waals surface area (Å²) in [6.45, 7) is 3.08. The number of hydrogen-bond donors (Lipinski definition) is 3. The van der Waals surface area contributed by atoms with E-state index in [0.29, 0.717) is 29.0 Å². The fourth-order valence-electron chi connectivity index (χ4n) is 3.64. The van der Waals surface area contributed by atoms with Gasteiger partial charge in [0.05, 0.1) is 11.7 Å². The van der Waals surface area contributed by atoms with Gasteiger partial charge in [-0.3, -0.25) is 4.79 Å². The summed E-state index contributed by atoms with van der Waals surface area (Å²) in [6, 6.07) is 3.22. The lowest BCUT2D eigenvalue weighted by molar-refractivity contribution is -0.0674. The number of nitrogens with zero attached hydrogens (tertiary/aromatic N) is 3. The number of aliphatic hydroxyl groups is 1. The van der Waals surface area contributed by atoms with Gasteiger partial charge >= 0.3 is 0 Å². The summed E-state index contributed by atoms with van der Waals surface area (Å²) in [5.74, 6) is 1.78. The number of thiazole rings is 1. The van der Waals surface area contributed by atoms with Crippen molar-refractivity contribution >= 4 is 22.8 Å². The number of aromatic nitrogens is 3. The SMILES string of the molecule is CC(C)(O)C#Cc1sc(C(=O)N[C@@H]2[C@H](N)CCCC2(F)F)nc1-c1cnn2ccccc12. The van der Waals surface area contributed by atoms with Gasteiger partial charge in [-0.1, -0.05) is 29.2 Å². The summed E-state index contributed by atoms with van der Waals surface area (Å²) < 4.78 is 30.4. The number of fused-ring (bicyclic) bond motifs is 1. The molecule has 1 saturated carbocycles. The van der Waals surface area contributed by atoms with Crippen LogP contribution in [-0.2, 0) is 0 Å². The van der Waals surface area contributed by atoms with Crippen molar-refractivity contribution in [2.75, 3.05) is 0 Å². The first-order chi connectivity index (χ1) is 15.0. The molecule has 4 rings (SSSR count). The first-order valence-electron chi connectivity index (χ1n) is 10.2. The maximum atomic E-state index is 14.4. The zero-order valence-electron chi connectivity index (χ0n) is 17.6. The average molecular weight is 460 g/mol. The second kappa shape index (κ2) is 8.24. The number of alkyl halides is 2. The number of rotatable bonds is 3. The van der Waals surface area contributed by atoms with Gasteiger partial charge in [0.25, 0.3) is 11.8 Å². The first-order valence-corrected chi connectivity index (χ1v) is 11.0. The van der Waals surface area contributed by atoms with E-state index >= 15 is 0 Å². The van der Waals surface area contributed by atoms with Gasteiger partial charge in [-0.05, 0) is 38.8 Å². The molecule has 3 aromatic rings. The molecule has 0 spiro atoms. The monoisotopic (exact) mass is 459 g/mol. The van der Waals surface area contributed by atoms with Crippen molar-refractivity contribution in [2.24, 2.45) is 5.73 Å². The molecular weight excluding hydrogens is 436 g/mol. The molecule has 1 aliphatic carbocycles. The molecule has 7 nitrogen and oxygen atoms in total. The van der Waals surface area contributed by atoms with Gasteiger partial charge in [-0.2, -0.15) is 5.10 Å². The molecule has 3 heterocycles. The van der Waals surface area contributed by atoms with E-state index in [9.17, 15) is 18.7 Å². The Morgan fingerprint density at radius 2 is 2.22 bits per heavy atom. The number of nitrogens with two attached hydrogens (primary N) is 1. The molecule has 0 saturated heterocycles. The van der Waals surface area contributed by atoms with E-state index < -0.39 is 29.5 Å². The second-order valence-corrected chi connectivity index (χ2v) is 9.36. The van der Waals surface area contributed by atoms with Gasteiger partial charge < -0.3 is 16.2 Å². The molecule has 1 fully saturated rings. The Labute approximate surface area is 187 Å². The summed E-state index contributed by atoms with van der Waals surface area (Å²) in [5.41, 5.74) is 6.40. The van der Waals surface area contributed by atoms with E-state index in [1.165, 1.54) is 13.8 Å². The van der Waals surface area contributed by atoms with Crippen LogP contribution in [0.25, 0.3) is 16.8 Å². The van der Waals surface area contributed by atoms with Crippen LogP contribution in [0, 0.1) is 11.8 Å². The Morgan fingerprint density at radius 3 is 2.94 bits per heavy atom. The van der Waals surface area contributed by atoms with E-state index in [1.807, 2.05) is 18.2 Å². The van der Waals surface area contributed by atoms with Gasteiger partial charge in [0.15, 0.2) is 5.01 Å². The molecule has 1 aliphatic rings. The largest absolute Gasteiger partial charge is 0.378 e. The zero-order chi connectivity index (χ0) is 23.1. The minimum atomic E-state index is -3.08. The van der Waals surface area contributed by atoms with Gasteiger partial charge in [-0.25, -0.2) is 18.3 Å². The fourth-order valence-corrected chi connectivity index (χ4v) is 4.47. The highest BCUT2D eigenvalue weighted by atomic mass is 32.1. The Balaban J connectivity index is 1.73. The standard InChI is InChI=1S/C22H23F2N5O2S/c1-21(2,31)10-8-16-17(13-12-26-29-11-4-3-7-15(13)29)27-20(32-16)19(30)28-18-14(25)6-5-9-22(18,23)24/h3-4,7,11-12,14,18,31H,5-6,9,25H2,1-2H3,(H,28,30)/t14-,18-/m1/s1. The molecule has 3 aromatic heterocycles.